The summed E-state index contributed by atoms with van der Waals surface area (Å²) in [5.74, 6) is -2.19. The number of primary amides is 1. The zero-order valence-corrected chi connectivity index (χ0v) is 21.5. The van der Waals surface area contributed by atoms with Gasteiger partial charge in [0.2, 0.25) is 23.6 Å². The van der Waals surface area contributed by atoms with E-state index in [0.717, 1.165) is 0 Å². The Hall–Kier alpha value is -3.06. The number of Topliss-reactive ketones (excluding diaryl/α,β-unsaturated/α-hetero) is 1. The number of hydrogen-bond donors (Lipinski definition) is 4. The van der Waals surface area contributed by atoms with Gasteiger partial charge in [-0.15, -0.1) is 0 Å². The summed E-state index contributed by atoms with van der Waals surface area (Å²) in [6.45, 7) is 7.18. The number of nitrogens with one attached hydrogen (secondary N) is 3. The van der Waals surface area contributed by atoms with Crippen LogP contribution in [0.25, 0.3) is 0 Å². The lowest BCUT2D eigenvalue weighted by molar-refractivity contribution is -0.140. The number of urea groups is 1. The number of nitrogens with zero attached hydrogens (tertiary/aromatic N) is 1. The van der Waals surface area contributed by atoms with E-state index in [2.05, 4.69) is 16.0 Å². The number of imide groups is 1. The van der Waals surface area contributed by atoms with Gasteiger partial charge in [0.1, 0.15) is 12.6 Å². The monoisotopic (exact) mass is 513 g/mol. The molecule has 0 radical (unpaired) electrons. The highest BCUT2D eigenvalue weighted by atomic mass is 16.5. The molecule has 1 rings (SSSR count). The van der Waals surface area contributed by atoms with Crippen molar-refractivity contribution in [1.29, 1.82) is 0 Å². The molecule has 13 heteroatoms. The highest BCUT2D eigenvalue weighted by molar-refractivity contribution is 6.03. The van der Waals surface area contributed by atoms with Crippen molar-refractivity contribution < 1.29 is 38.2 Å². The Balaban J connectivity index is 2.34. The zero-order chi connectivity index (χ0) is 27.3. The fourth-order valence-corrected chi connectivity index (χ4v) is 3.53. The Morgan fingerprint density at radius 1 is 1.08 bits per heavy atom. The van der Waals surface area contributed by atoms with E-state index in [4.69, 9.17) is 15.2 Å². The number of nitrogens with two attached hydrogens (primary N) is 1. The molecule has 0 saturated carbocycles. The van der Waals surface area contributed by atoms with Crippen molar-refractivity contribution in [2.24, 2.45) is 17.6 Å². The van der Waals surface area contributed by atoms with E-state index >= 15 is 0 Å². The van der Waals surface area contributed by atoms with E-state index in [1.54, 1.807) is 20.8 Å². The lowest BCUT2D eigenvalue weighted by atomic mass is 10.0. The summed E-state index contributed by atoms with van der Waals surface area (Å²) < 4.78 is 10.6. The molecule has 36 heavy (non-hydrogen) atoms. The number of ketones is 1. The van der Waals surface area contributed by atoms with Crippen LogP contribution >= 0.6 is 0 Å². The van der Waals surface area contributed by atoms with Gasteiger partial charge in [-0.25, -0.2) is 4.79 Å². The quantitative estimate of drug-likeness (QED) is 0.142. The molecular formula is C23H39N5O8. The van der Waals surface area contributed by atoms with Crippen LogP contribution in [0.5, 0.6) is 0 Å². The van der Waals surface area contributed by atoms with Crippen LogP contribution in [0.3, 0.4) is 0 Å². The largest absolute Gasteiger partial charge is 0.377 e. The van der Waals surface area contributed by atoms with Gasteiger partial charge in [0.25, 0.3) is 0 Å². The first kappa shape index (κ1) is 31.0. The summed E-state index contributed by atoms with van der Waals surface area (Å²) in [5, 5.41) is 7.69. The van der Waals surface area contributed by atoms with Crippen molar-refractivity contribution in [2.45, 2.75) is 59.0 Å². The van der Waals surface area contributed by atoms with Gasteiger partial charge in [-0.2, -0.15) is 0 Å². The Morgan fingerprint density at radius 2 is 1.75 bits per heavy atom. The number of ether oxygens (including phenoxy) is 2. The second kappa shape index (κ2) is 15.8. The Bertz CT molecular complexity index is 803. The predicted molar refractivity (Wildman–Crippen MR) is 128 cm³/mol. The van der Waals surface area contributed by atoms with Crippen LogP contribution in [0.1, 0.15) is 47.0 Å². The molecule has 3 atom stereocenters. The average molecular weight is 514 g/mol. The standard InChI is InChI=1S/C23H39N5O8/c1-14(2)20(21(32)26-17(16(4)29)6-5-7-25-23(24)34)27-18(30)13-36-11-10-35-9-8-28-19(31)12-15(3)22(28)33/h14-15,17,20H,5-13H2,1-4H3,(H,26,32)(H,27,30)(H3,24,25,34)/t15?,17-,20-/m0/s1. The van der Waals surface area contributed by atoms with Gasteiger partial charge in [-0.05, 0) is 25.7 Å². The van der Waals surface area contributed by atoms with Crippen molar-refractivity contribution >= 4 is 35.4 Å². The van der Waals surface area contributed by atoms with Crippen molar-refractivity contribution in [2.75, 3.05) is 39.5 Å². The summed E-state index contributed by atoms with van der Waals surface area (Å²) >= 11 is 0. The van der Waals surface area contributed by atoms with E-state index < -0.39 is 29.9 Å². The summed E-state index contributed by atoms with van der Waals surface area (Å²) in [6.07, 6.45) is 0.963. The predicted octanol–water partition coefficient (Wildman–Crippen LogP) is -0.922. The van der Waals surface area contributed by atoms with E-state index in [1.807, 2.05) is 0 Å². The topological polar surface area (TPSA) is 186 Å². The third-order valence-electron chi connectivity index (χ3n) is 5.58. The van der Waals surface area contributed by atoms with Crippen molar-refractivity contribution in [1.82, 2.24) is 20.9 Å². The molecule has 0 aromatic carbocycles. The van der Waals surface area contributed by atoms with Gasteiger partial charge in [-0.3, -0.25) is 28.9 Å². The van der Waals surface area contributed by atoms with E-state index in [0.29, 0.717) is 12.8 Å². The smallest absolute Gasteiger partial charge is 0.312 e. The van der Waals surface area contributed by atoms with Crippen LogP contribution in [0.15, 0.2) is 0 Å². The second-order valence-electron chi connectivity index (χ2n) is 9.05. The molecule has 0 aromatic heterocycles. The number of carbonyl (C=O) groups excluding carboxylic acids is 6. The number of likely N-dealkylation sites (tertiary alicyclic amines) is 1. The normalized spacial score (nSPS) is 17.1. The third kappa shape index (κ3) is 11.1. The second-order valence-corrected chi connectivity index (χ2v) is 9.05. The number of amides is 6. The summed E-state index contributed by atoms with van der Waals surface area (Å²) in [6, 6.07) is -2.30. The minimum absolute atomic E-state index is 0.107. The van der Waals surface area contributed by atoms with Crippen LogP contribution in [0, 0.1) is 11.8 Å². The molecule has 5 N–H and O–H groups in total. The van der Waals surface area contributed by atoms with E-state index in [-0.39, 0.29) is 75.4 Å². The van der Waals surface area contributed by atoms with Gasteiger partial charge < -0.3 is 31.2 Å². The molecule has 1 aliphatic rings. The summed E-state index contributed by atoms with van der Waals surface area (Å²) in [7, 11) is 0. The highest BCUT2D eigenvalue weighted by Crippen LogP contribution is 2.17. The van der Waals surface area contributed by atoms with Crippen molar-refractivity contribution in [3.8, 4) is 0 Å². The molecular weight excluding hydrogens is 474 g/mol. The Morgan fingerprint density at radius 3 is 2.31 bits per heavy atom. The molecule has 1 aliphatic heterocycles. The molecule has 0 bridgehead atoms. The highest BCUT2D eigenvalue weighted by Gasteiger charge is 2.35. The summed E-state index contributed by atoms with van der Waals surface area (Å²) in [4.78, 5) is 72.4. The Kier molecular flexibility index (Phi) is 13.6. The van der Waals surface area contributed by atoms with Crippen LogP contribution in [-0.4, -0.2) is 91.9 Å². The van der Waals surface area contributed by atoms with Crippen molar-refractivity contribution in [3.05, 3.63) is 0 Å². The minimum Gasteiger partial charge on any atom is -0.377 e. The van der Waals surface area contributed by atoms with Gasteiger partial charge in [0.15, 0.2) is 5.78 Å². The van der Waals surface area contributed by atoms with Gasteiger partial charge in [0, 0.05) is 18.9 Å². The molecule has 204 valence electrons. The van der Waals surface area contributed by atoms with Crippen LogP contribution < -0.4 is 21.7 Å². The lowest BCUT2D eigenvalue weighted by Crippen LogP contribution is -2.54. The molecule has 1 heterocycles. The lowest BCUT2D eigenvalue weighted by Gasteiger charge is -2.24. The fraction of sp³-hybridized carbons (Fsp3) is 0.739. The molecule has 1 fully saturated rings. The summed E-state index contributed by atoms with van der Waals surface area (Å²) in [5.41, 5.74) is 5.00. The number of carbonyl (C=O) groups is 6. The van der Waals surface area contributed by atoms with Gasteiger partial charge >= 0.3 is 6.03 Å². The van der Waals surface area contributed by atoms with Crippen LogP contribution in [0.2, 0.25) is 0 Å². The van der Waals surface area contributed by atoms with Crippen LogP contribution in [0.4, 0.5) is 4.79 Å². The first-order valence-electron chi connectivity index (χ1n) is 12.1. The Labute approximate surface area is 211 Å². The van der Waals surface area contributed by atoms with Crippen LogP contribution in [-0.2, 0) is 33.4 Å². The first-order valence-corrected chi connectivity index (χ1v) is 12.1. The molecule has 0 spiro atoms. The fourth-order valence-electron chi connectivity index (χ4n) is 3.53. The van der Waals surface area contributed by atoms with Gasteiger partial charge in [0.05, 0.1) is 32.4 Å². The SMILES string of the molecule is CC(=O)[C@H](CCCNC(N)=O)NC(=O)[C@@H](NC(=O)COCCOCCN1C(=O)CC(C)C1=O)C(C)C. The maximum Gasteiger partial charge on any atom is 0.312 e. The maximum absolute atomic E-state index is 12.7. The molecule has 1 saturated heterocycles. The first-order chi connectivity index (χ1) is 16.9. The minimum atomic E-state index is -0.874. The molecule has 13 nitrogen and oxygen atoms in total. The molecule has 0 aliphatic carbocycles. The van der Waals surface area contributed by atoms with E-state index in [1.165, 1.54) is 11.8 Å². The van der Waals surface area contributed by atoms with Crippen molar-refractivity contribution in [3.63, 3.8) is 0 Å². The van der Waals surface area contributed by atoms with Gasteiger partial charge in [-0.1, -0.05) is 20.8 Å². The molecule has 1 unspecified atom stereocenters. The maximum atomic E-state index is 12.7. The van der Waals surface area contributed by atoms with E-state index in [9.17, 15) is 28.8 Å². The molecule has 0 aromatic rings. The zero-order valence-electron chi connectivity index (χ0n) is 21.5. The number of hydrogen-bond acceptors (Lipinski definition) is 8. The third-order valence-corrected chi connectivity index (χ3v) is 5.58. The molecule has 6 amide bonds. The average Bonchev–Trinajstić information content (AvgIpc) is 3.03. The number of rotatable bonds is 17.